The predicted molar refractivity (Wildman–Crippen MR) is 111 cm³/mol. The summed E-state index contributed by atoms with van der Waals surface area (Å²) in [5, 5.41) is 0. The quantitative estimate of drug-likeness (QED) is 0.687. The highest BCUT2D eigenvalue weighted by Crippen LogP contribution is 2.48. The largest absolute Gasteiger partial charge is 0.483 e. The van der Waals surface area contributed by atoms with Gasteiger partial charge >= 0.3 is 5.97 Å². The molecule has 1 aromatic heterocycles. The van der Waals surface area contributed by atoms with Crippen LogP contribution in [0.4, 0.5) is 10.2 Å². The van der Waals surface area contributed by atoms with Crippen LogP contribution in [-0.4, -0.2) is 42.0 Å². The van der Waals surface area contributed by atoms with E-state index in [9.17, 15) is 18.8 Å². The number of esters is 1. The van der Waals surface area contributed by atoms with Crippen molar-refractivity contribution in [3.63, 3.8) is 0 Å². The van der Waals surface area contributed by atoms with E-state index >= 15 is 0 Å². The first-order valence-corrected chi connectivity index (χ1v) is 10.5. The van der Waals surface area contributed by atoms with Gasteiger partial charge in [-0.25, -0.2) is 14.2 Å². The predicted octanol–water partition coefficient (Wildman–Crippen LogP) is 3.32. The van der Waals surface area contributed by atoms with E-state index in [0.717, 1.165) is 0 Å². The Morgan fingerprint density at radius 3 is 2.62 bits per heavy atom. The summed E-state index contributed by atoms with van der Waals surface area (Å²) in [7, 11) is 1.29. The van der Waals surface area contributed by atoms with Crippen LogP contribution in [0.2, 0.25) is 0 Å². The summed E-state index contributed by atoms with van der Waals surface area (Å²) < 4.78 is 24.9. The molecule has 1 aromatic carbocycles. The van der Waals surface area contributed by atoms with E-state index in [4.69, 9.17) is 9.47 Å². The summed E-state index contributed by atoms with van der Waals surface area (Å²) in [5.41, 5.74) is 1.18. The number of halogens is 1. The smallest absolute Gasteiger partial charge is 0.337 e. The lowest BCUT2D eigenvalue weighted by Gasteiger charge is -2.36. The Hall–Kier alpha value is -3.55. The molecule has 2 aromatic rings. The molecule has 1 saturated carbocycles. The van der Waals surface area contributed by atoms with Gasteiger partial charge in [0.05, 0.1) is 30.2 Å². The first kappa shape index (κ1) is 20.4. The molecule has 4 unspecified atom stereocenters. The molecule has 8 heteroatoms. The Balaban J connectivity index is 1.61. The fraction of sp³-hybridized carbons (Fsp3) is 0.333. The summed E-state index contributed by atoms with van der Waals surface area (Å²) in [4.78, 5) is 44.5. The number of Topliss-reactive ketones (excluding diaryl/α,β-unsaturated/α-hetero) is 1. The molecule has 3 heterocycles. The van der Waals surface area contributed by atoms with E-state index in [1.165, 1.54) is 12.0 Å². The molecule has 7 nitrogen and oxygen atoms in total. The van der Waals surface area contributed by atoms with Crippen LogP contribution in [0.1, 0.15) is 41.2 Å². The third kappa shape index (κ3) is 3.18. The number of hydrogen-bond acceptors (Lipinski definition) is 6. The number of carbonyl (C=O) groups is 3. The van der Waals surface area contributed by atoms with Crippen LogP contribution in [-0.2, 0) is 19.1 Å². The highest BCUT2D eigenvalue weighted by atomic mass is 19.1. The molecule has 0 spiro atoms. The lowest BCUT2D eigenvalue weighted by atomic mass is 9.77. The normalized spacial score (nSPS) is 27.0. The van der Waals surface area contributed by atoms with Gasteiger partial charge in [0.1, 0.15) is 18.1 Å². The average molecular weight is 436 g/mol. The minimum atomic E-state index is -1.06. The number of hydrogen-bond donors (Lipinski definition) is 0. The van der Waals surface area contributed by atoms with E-state index in [1.54, 1.807) is 48.7 Å². The standard InChI is InChI=1S/C24H21FN2O5/c1-31-24(30)14-7-5-13(6-8-14)20-19-21(28)16-12-15(25)9-10-17(16)32-22(19)23(29)27(20)18-4-2-3-11-26-18/h2-8,11,15-17,20H,9-10,12H2,1H3. The number of anilines is 1. The van der Waals surface area contributed by atoms with Crippen molar-refractivity contribution in [1.82, 2.24) is 4.98 Å². The Labute approximate surface area is 183 Å². The molecule has 0 N–H and O–H groups in total. The number of carbonyl (C=O) groups excluding carboxylic acids is 3. The van der Waals surface area contributed by atoms with Gasteiger partial charge in [-0.05, 0) is 49.1 Å². The number of methoxy groups -OCH3 is 1. The Morgan fingerprint density at radius 2 is 1.94 bits per heavy atom. The lowest BCUT2D eigenvalue weighted by molar-refractivity contribution is -0.133. The molecule has 0 bridgehead atoms. The van der Waals surface area contributed by atoms with E-state index < -0.39 is 36.1 Å². The number of nitrogens with zero attached hydrogens (tertiary/aromatic N) is 2. The second-order valence-corrected chi connectivity index (χ2v) is 8.16. The average Bonchev–Trinajstić information content (AvgIpc) is 3.12. The molecule has 0 saturated heterocycles. The van der Waals surface area contributed by atoms with E-state index in [-0.39, 0.29) is 23.5 Å². The third-order valence-corrected chi connectivity index (χ3v) is 6.33. The number of aromatic nitrogens is 1. The van der Waals surface area contributed by atoms with Gasteiger partial charge in [0.15, 0.2) is 11.5 Å². The first-order chi connectivity index (χ1) is 15.5. The zero-order valence-corrected chi connectivity index (χ0v) is 17.4. The summed E-state index contributed by atoms with van der Waals surface area (Å²) >= 11 is 0. The molecular weight excluding hydrogens is 415 g/mol. The van der Waals surface area contributed by atoms with Crippen LogP contribution in [0.3, 0.4) is 0 Å². The Morgan fingerprint density at radius 1 is 1.16 bits per heavy atom. The van der Waals surface area contributed by atoms with Gasteiger partial charge in [-0.15, -0.1) is 0 Å². The number of pyridine rings is 1. The van der Waals surface area contributed by atoms with Crippen LogP contribution in [0, 0.1) is 5.92 Å². The van der Waals surface area contributed by atoms with Crippen LogP contribution in [0.15, 0.2) is 60.0 Å². The first-order valence-electron chi connectivity index (χ1n) is 10.5. The summed E-state index contributed by atoms with van der Waals surface area (Å²) in [5.74, 6) is -1.43. The van der Waals surface area contributed by atoms with Gasteiger partial charge in [0.2, 0.25) is 0 Å². The van der Waals surface area contributed by atoms with Crippen LogP contribution in [0.25, 0.3) is 0 Å². The highest BCUT2D eigenvalue weighted by Gasteiger charge is 2.53. The highest BCUT2D eigenvalue weighted by molar-refractivity contribution is 6.17. The van der Waals surface area contributed by atoms with Crippen molar-refractivity contribution in [1.29, 1.82) is 0 Å². The second-order valence-electron chi connectivity index (χ2n) is 8.16. The molecular formula is C24H21FN2O5. The minimum absolute atomic E-state index is 0.0151. The zero-order valence-electron chi connectivity index (χ0n) is 17.4. The lowest BCUT2D eigenvalue weighted by Crippen LogP contribution is -2.42. The molecule has 1 amide bonds. The number of ketones is 1. The topological polar surface area (TPSA) is 85.8 Å². The SMILES string of the molecule is COC(=O)c1ccc(C2C3=C(OC4CCC(F)CC4C3=O)C(=O)N2c2ccccn2)cc1. The van der Waals surface area contributed by atoms with Crippen molar-refractivity contribution in [3.05, 3.63) is 71.1 Å². The van der Waals surface area contributed by atoms with Crippen molar-refractivity contribution in [2.45, 2.75) is 37.6 Å². The number of ether oxygens (including phenoxy) is 2. The third-order valence-electron chi connectivity index (χ3n) is 6.33. The molecule has 1 aliphatic carbocycles. The van der Waals surface area contributed by atoms with Gasteiger partial charge < -0.3 is 9.47 Å². The molecule has 3 aliphatic rings. The fourth-order valence-corrected chi connectivity index (χ4v) is 4.78. The number of fused-ring (bicyclic) bond motifs is 1. The van der Waals surface area contributed by atoms with E-state index in [2.05, 4.69) is 4.98 Å². The fourth-order valence-electron chi connectivity index (χ4n) is 4.78. The molecule has 5 rings (SSSR count). The maximum atomic E-state index is 14.1. The molecule has 2 aliphatic heterocycles. The van der Waals surface area contributed by atoms with Crippen molar-refractivity contribution < 1.29 is 28.2 Å². The number of rotatable bonds is 3. The van der Waals surface area contributed by atoms with Crippen molar-refractivity contribution in [2.24, 2.45) is 5.92 Å². The maximum Gasteiger partial charge on any atom is 0.337 e. The number of benzene rings is 1. The van der Waals surface area contributed by atoms with E-state index in [1.807, 2.05) is 0 Å². The van der Waals surface area contributed by atoms with Crippen molar-refractivity contribution >= 4 is 23.5 Å². The Bertz CT molecular complexity index is 1110. The zero-order chi connectivity index (χ0) is 22.4. The van der Waals surface area contributed by atoms with Gasteiger partial charge in [0.25, 0.3) is 5.91 Å². The van der Waals surface area contributed by atoms with Gasteiger partial charge in [0, 0.05) is 6.20 Å². The second kappa shape index (κ2) is 7.85. The summed E-state index contributed by atoms with van der Waals surface area (Å²) in [6, 6.07) is 10.9. The number of amides is 1. The monoisotopic (exact) mass is 436 g/mol. The Kier molecular flexibility index (Phi) is 5.00. The van der Waals surface area contributed by atoms with Crippen LogP contribution >= 0.6 is 0 Å². The van der Waals surface area contributed by atoms with Crippen molar-refractivity contribution in [2.75, 3.05) is 12.0 Å². The summed E-state index contributed by atoms with van der Waals surface area (Å²) in [6.45, 7) is 0. The minimum Gasteiger partial charge on any atom is -0.483 e. The van der Waals surface area contributed by atoms with Crippen molar-refractivity contribution in [3.8, 4) is 0 Å². The maximum absolute atomic E-state index is 14.1. The van der Waals surface area contributed by atoms with Gasteiger partial charge in [-0.3, -0.25) is 14.5 Å². The molecule has 0 radical (unpaired) electrons. The molecule has 1 fully saturated rings. The van der Waals surface area contributed by atoms with Gasteiger partial charge in [-0.1, -0.05) is 18.2 Å². The summed E-state index contributed by atoms with van der Waals surface area (Å²) in [6.07, 6.45) is 0.799. The van der Waals surface area contributed by atoms with Gasteiger partial charge in [-0.2, -0.15) is 0 Å². The van der Waals surface area contributed by atoms with E-state index in [0.29, 0.717) is 29.8 Å². The molecule has 164 valence electrons. The van der Waals surface area contributed by atoms with Crippen LogP contribution < -0.4 is 4.90 Å². The van der Waals surface area contributed by atoms with Crippen LogP contribution in [0.5, 0.6) is 0 Å². The molecule has 4 atom stereocenters. The molecule has 32 heavy (non-hydrogen) atoms. The number of alkyl halides is 1.